The first-order chi connectivity index (χ1) is 27.9. The Morgan fingerprint density at radius 1 is 0.741 bits per heavy atom. The van der Waals surface area contributed by atoms with Crippen LogP contribution in [0.5, 0.6) is 5.75 Å². The number of hydrogen-bond donors (Lipinski definition) is 8. The fourth-order valence-electron chi connectivity index (χ4n) is 7.03. The van der Waals surface area contributed by atoms with E-state index in [-0.39, 0.29) is 50.1 Å². The van der Waals surface area contributed by atoms with Crippen molar-refractivity contribution in [3.8, 4) is 5.75 Å². The number of aliphatic imine (C=N–C) groups is 1. The van der Waals surface area contributed by atoms with E-state index in [1.165, 1.54) is 62.0 Å². The van der Waals surface area contributed by atoms with Crippen LogP contribution in [0.4, 0.5) is 0 Å². The summed E-state index contributed by atoms with van der Waals surface area (Å²) < 4.78 is 0. The highest BCUT2D eigenvalue weighted by Gasteiger charge is 2.39. The van der Waals surface area contributed by atoms with Gasteiger partial charge in [0.1, 0.15) is 29.9 Å². The van der Waals surface area contributed by atoms with Crippen LogP contribution in [0.2, 0.25) is 0 Å². The standard InChI is InChI=1S/C42H71N9O7/c1-3-5-7-8-9-10-11-12-13-14-15-21-36(53)47-29-37(54)48-32(18-6-4-2)39(56)49-33(19-16-26-46-42(44)45)41(58)51-27-17-20-35(51)40(57)50-34(38(43)55)28-30-22-24-31(52)25-23-30/h22-25,32-35,52H,3-21,26-29H2,1-2H3,(H2,43,55)(H,47,53)(H,48,54)(H,49,56)(H,50,57)(H4,44,45,46)/t32-,33-,34-,35-/m0/s1. The summed E-state index contributed by atoms with van der Waals surface area (Å²) in [5, 5.41) is 20.5. The van der Waals surface area contributed by atoms with Crippen LogP contribution >= 0.6 is 0 Å². The Labute approximate surface area is 344 Å². The molecule has 1 heterocycles. The Morgan fingerprint density at radius 3 is 1.95 bits per heavy atom. The summed E-state index contributed by atoms with van der Waals surface area (Å²) in [6.07, 6.45) is 16.3. The highest BCUT2D eigenvalue weighted by molar-refractivity contribution is 5.96. The number of nitrogens with one attached hydrogen (secondary N) is 4. The molecule has 0 bridgehead atoms. The van der Waals surface area contributed by atoms with Gasteiger partial charge in [0.25, 0.3) is 0 Å². The lowest BCUT2D eigenvalue weighted by atomic mass is 10.0. The van der Waals surface area contributed by atoms with Gasteiger partial charge in [0.15, 0.2) is 5.96 Å². The number of carbonyl (C=O) groups is 6. The number of nitrogens with zero attached hydrogens (tertiary/aromatic N) is 2. The first kappa shape index (κ1) is 49.3. The topological polar surface area (TPSA) is 264 Å². The third kappa shape index (κ3) is 20.0. The highest BCUT2D eigenvalue weighted by Crippen LogP contribution is 2.21. The van der Waals surface area contributed by atoms with Crippen molar-refractivity contribution in [1.29, 1.82) is 0 Å². The quantitative estimate of drug-likeness (QED) is 0.0322. The molecule has 1 aliphatic rings. The van der Waals surface area contributed by atoms with Gasteiger partial charge in [-0.05, 0) is 56.2 Å². The first-order valence-electron chi connectivity index (χ1n) is 21.5. The van der Waals surface area contributed by atoms with Gasteiger partial charge in [0.2, 0.25) is 35.4 Å². The maximum atomic E-state index is 14.1. The molecule has 1 saturated heterocycles. The number of carbonyl (C=O) groups excluding carboxylic acids is 6. The maximum absolute atomic E-state index is 14.1. The number of phenols is 1. The van der Waals surface area contributed by atoms with Crippen molar-refractivity contribution in [1.82, 2.24) is 26.2 Å². The summed E-state index contributed by atoms with van der Waals surface area (Å²) in [5.74, 6) is -3.20. The number of primary amides is 1. The van der Waals surface area contributed by atoms with E-state index in [4.69, 9.17) is 17.2 Å². The number of amides is 6. The molecule has 0 aromatic heterocycles. The number of rotatable bonds is 30. The number of unbranched alkanes of at least 4 members (excludes halogenated alkanes) is 11. The smallest absolute Gasteiger partial charge is 0.245 e. The fourth-order valence-corrected chi connectivity index (χ4v) is 7.03. The lowest BCUT2D eigenvalue weighted by molar-refractivity contribution is -0.142. The Hall–Kier alpha value is -4.89. The van der Waals surface area contributed by atoms with E-state index in [1.54, 1.807) is 12.1 Å². The molecule has 1 aromatic carbocycles. The van der Waals surface area contributed by atoms with E-state index < -0.39 is 53.7 Å². The van der Waals surface area contributed by atoms with Crippen LogP contribution in [0.15, 0.2) is 29.3 Å². The molecule has 11 N–H and O–H groups in total. The van der Waals surface area contributed by atoms with E-state index in [0.29, 0.717) is 44.1 Å². The van der Waals surface area contributed by atoms with Crippen LogP contribution in [0.1, 0.15) is 141 Å². The molecule has 16 heteroatoms. The van der Waals surface area contributed by atoms with E-state index in [1.807, 2.05) is 6.92 Å². The van der Waals surface area contributed by atoms with Gasteiger partial charge in [-0.25, -0.2) is 0 Å². The zero-order valence-corrected chi connectivity index (χ0v) is 34.9. The normalized spacial score (nSPS) is 15.1. The SMILES string of the molecule is CCCCCCCCCCCCCC(=O)NCC(=O)N[C@@H](CCCC)C(=O)N[C@@H](CCCN=C(N)N)C(=O)N1CCC[C@H]1C(=O)N[C@@H](Cc1ccc(O)cc1)C(N)=O. The van der Waals surface area contributed by atoms with Crippen molar-refractivity contribution in [3.63, 3.8) is 0 Å². The Morgan fingerprint density at radius 2 is 1.34 bits per heavy atom. The molecule has 4 atom stereocenters. The minimum absolute atomic E-state index is 0.0521. The zero-order chi connectivity index (χ0) is 42.7. The second kappa shape index (κ2) is 28.5. The Bertz CT molecular complexity index is 1450. The minimum atomic E-state index is -1.08. The summed E-state index contributed by atoms with van der Waals surface area (Å²) in [6, 6.07) is 2.12. The van der Waals surface area contributed by atoms with E-state index in [0.717, 1.165) is 32.1 Å². The van der Waals surface area contributed by atoms with Crippen molar-refractivity contribution >= 4 is 41.4 Å². The predicted octanol–water partition coefficient (Wildman–Crippen LogP) is 2.93. The monoisotopic (exact) mass is 814 g/mol. The molecule has 326 valence electrons. The highest BCUT2D eigenvalue weighted by atomic mass is 16.3. The number of nitrogens with two attached hydrogens (primary N) is 3. The van der Waals surface area contributed by atoms with Crippen LogP contribution < -0.4 is 38.5 Å². The third-order valence-corrected chi connectivity index (χ3v) is 10.4. The second-order valence-corrected chi connectivity index (χ2v) is 15.4. The van der Waals surface area contributed by atoms with Crippen molar-refractivity contribution in [2.45, 2.75) is 166 Å². The van der Waals surface area contributed by atoms with Gasteiger partial charge in [-0.15, -0.1) is 0 Å². The molecule has 16 nitrogen and oxygen atoms in total. The Kier molecular flexibility index (Phi) is 24.2. The molecule has 0 saturated carbocycles. The molecule has 1 aliphatic heterocycles. The molecule has 1 aromatic rings. The van der Waals surface area contributed by atoms with Gasteiger partial charge in [0, 0.05) is 25.9 Å². The van der Waals surface area contributed by atoms with Crippen molar-refractivity contribution in [3.05, 3.63) is 29.8 Å². The number of benzene rings is 1. The van der Waals surface area contributed by atoms with Gasteiger partial charge in [-0.3, -0.25) is 33.8 Å². The van der Waals surface area contributed by atoms with Crippen molar-refractivity contribution < 1.29 is 33.9 Å². The largest absolute Gasteiger partial charge is 0.508 e. The molecule has 2 rings (SSSR count). The fraction of sp³-hybridized carbons (Fsp3) is 0.690. The number of phenolic OH excluding ortho intramolecular Hbond substituents is 1. The second-order valence-electron chi connectivity index (χ2n) is 15.4. The third-order valence-electron chi connectivity index (χ3n) is 10.4. The van der Waals surface area contributed by atoms with Crippen molar-refractivity contribution in [2.75, 3.05) is 19.6 Å². The van der Waals surface area contributed by atoms with Gasteiger partial charge in [-0.1, -0.05) is 103 Å². The van der Waals surface area contributed by atoms with Gasteiger partial charge in [-0.2, -0.15) is 0 Å². The summed E-state index contributed by atoms with van der Waals surface area (Å²) in [6.45, 7) is 4.33. The average molecular weight is 814 g/mol. The van der Waals surface area contributed by atoms with Crippen LogP contribution in [0.25, 0.3) is 0 Å². The van der Waals surface area contributed by atoms with Gasteiger partial charge < -0.3 is 48.5 Å². The molecule has 0 aliphatic carbocycles. The summed E-state index contributed by atoms with van der Waals surface area (Å²) >= 11 is 0. The van der Waals surface area contributed by atoms with E-state index in [9.17, 15) is 33.9 Å². The van der Waals surface area contributed by atoms with Gasteiger partial charge in [0.05, 0.1) is 6.54 Å². The van der Waals surface area contributed by atoms with Crippen molar-refractivity contribution in [2.24, 2.45) is 22.2 Å². The lowest BCUT2D eigenvalue weighted by Crippen LogP contribution is -2.58. The van der Waals surface area contributed by atoms with Crippen LogP contribution in [-0.2, 0) is 35.2 Å². The number of likely N-dealkylation sites (tertiary alicyclic amines) is 1. The van der Waals surface area contributed by atoms with Crippen LogP contribution in [0.3, 0.4) is 0 Å². The zero-order valence-electron chi connectivity index (χ0n) is 34.9. The first-order valence-corrected chi connectivity index (χ1v) is 21.5. The molecule has 1 fully saturated rings. The van der Waals surface area contributed by atoms with Crippen LogP contribution in [-0.4, -0.2) is 95.2 Å². The minimum Gasteiger partial charge on any atom is -0.508 e. The molecular formula is C42H71N9O7. The number of guanidine groups is 1. The maximum Gasteiger partial charge on any atom is 0.245 e. The van der Waals surface area contributed by atoms with Gasteiger partial charge >= 0.3 is 0 Å². The lowest BCUT2D eigenvalue weighted by Gasteiger charge is -2.30. The molecule has 0 spiro atoms. The predicted molar refractivity (Wildman–Crippen MR) is 225 cm³/mol. The molecule has 0 radical (unpaired) electrons. The van der Waals surface area contributed by atoms with E-state index in [2.05, 4.69) is 33.2 Å². The molecule has 58 heavy (non-hydrogen) atoms. The molecule has 0 unspecified atom stereocenters. The summed E-state index contributed by atoms with van der Waals surface area (Å²) in [7, 11) is 0. The number of hydrogen-bond acceptors (Lipinski definition) is 8. The van der Waals surface area contributed by atoms with E-state index >= 15 is 0 Å². The molecular weight excluding hydrogens is 743 g/mol. The summed E-state index contributed by atoms with van der Waals surface area (Å²) in [4.78, 5) is 84.6. The van der Waals surface area contributed by atoms with Crippen LogP contribution in [0, 0.1) is 0 Å². The molecule has 6 amide bonds. The Balaban J connectivity index is 1.99. The summed E-state index contributed by atoms with van der Waals surface area (Å²) in [5.41, 5.74) is 17.3. The average Bonchev–Trinajstić information content (AvgIpc) is 3.69. The number of aromatic hydroxyl groups is 1.